The molecule has 1 aromatic heterocycles. The Bertz CT molecular complexity index is 485. The second-order valence-corrected chi connectivity index (χ2v) is 3.67. The first kappa shape index (κ1) is 11.0. The second-order valence-electron chi connectivity index (χ2n) is 3.67. The Kier molecular flexibility index (Phi) is 2.61. The first-order chi connectivity index (χ1) is 7.49. The Morgan fingerprint density at radius 1 is 1.38 bits per heavy atom. The summed E-state index contributed by atoms with van der Waals surface area (Å²) in [5.41, 5.74) is 6.28. The van der Waals surface area contributed by atoms with Crippen LogP contribution >= 0.6 is 0 Å². The van der Waals surface area contributed by atoms with Crippen LogP contribution < -0.4 is 5.73 Å². The van der Waals surface area contributed by atoms with Crippen molar-refractivity contribution in [2.45, 2.75) is 19.1 Å². The largest absolute Gasteiger partial charge is 0.391 e. The molecule has 0 spiro atoms. The Balaban J connectivity index is 2.52. The van der Waals surface area contributed by atoms with Gasteiger partial charge in [0.25, 0.3) is 0 Å². The van der Waals surface area contributed by atoms with Gasteiger partial charge in [-0.15, -0.1) is 0 Å². The van der Waals surface area contributed by atoms with Gasteiger partial charge in [-0.05, 0) is 6.92 Å². The number of aromatic amines is 1. The van der Waals surface area contributed by atoms with Gasteiger partial charge in [-0.1, -0.05) is 0 Å². The molecule has 0 saturated carbocycles. The number of nitrogens with one attached hydrogen (secondary N) is 1. The third-order valence-electron chi connectivity index (χ3n) is 2.38. The van der Waals surface area contributed by atoms with Crippen molar-refractivity contribution in [3.05, 3.63) is 29.6 Å². The van der Waals surface area contributed by atoms with Crippen LogP contribution in [-0.2, 0) is 0 Å². The van der Waals surface area contributed by atoms with Crippen molar-refractivity contribution in [3.8, 4) is 0 Å². The lowest BCUT2D eigenvalue weighted by Crippen LogP contribution is -2.24. The molecule has 2 atom stereocenters. The standard InChI is InChI=1S/C10H11F2N3O/c1-4(16)9(13)10-14-7-2-5(11)6(12)3-8(7)15-10/h2-4,9,16H,13H2,1H3,(H,14,15). The van der Waals surface area contributed by atoms with E-state index in [1.54, 1.807) is 0 Å². The number of nitrogens with zero attached hydrogens (tertiary/aromatic N) is 1. The van der Waals surface area contributed by atoms with Crippen LogP contribution in [0, 0.1) is 11.6 Å². The van der Waals surface area contributed by atoms with Gasteiger partial charge in [0.15, 0.2) is 11.6 Å². The minimum atomic E-state index is -0.962. The topological polar surface area (TPSA) is 74.9 Å². The Morgan fingerprint density at radius 2 is 2.00 bits per heavy atom. The number of H-pyrrole nitrogens is 1. The van der Waals surface area contributed by atoms with Crippen molar-refractivity contribution in [1.82, 2.24) is 9.97 Å². The maximum Gasteiger partial charge on any atom is 0.161 e. The Labute approximate surface area is 90.1 Å². The average molecular weight is 227 g/mol. The van der Waals surface area contributed by atoms with E-state index in [0.29, 0.717) is 11.3 Å². The lowest BCUT2D eigenvalue weighted by Gasteiger charge is -2.10. The predicted molar refractivity (Wildman–Crippen MR) is 54.6 cm³/mol. The van der Waals surface area contributed by atoms with Crippen molar-refractivity contribution in [3.63, 3.8) is 0 Å². The molecule has 0 fully saturated rings. The van der Waals surface area contributed by atoms with E-state index >= 15 is 0 Å². The highest BCUT2D eigenvalue weighted by Gasteiger charge is 2.17. The highest BCUT2D eigenvalue weighted by molar-refractivity contribution is 5.75. The molecule has 1 heterocycles. The van der Waals surface area contributed by atoms with Crippen molar-refractivity contribution in [1.29, 1.82) is 0 Å². The third kappa shape index (κ3) is 1.77. The SMILES string of the molecule is CC(O)C(N)c1nc2cc(F)c(F)cc2[nH]1. The number of imidazole rings is 1. The van der Waals surface area contributed by atoms with Crippen molar-refractivity contribution in [2.75, 3.05) is 0 Å². The second kappa shape index (κ2) is 3.80. The summed E-state index contributed by atoms with van der Waals surface area (Å²) in [7, 11) is 0. The normalized spacial score (nSPS) is 15.3. The van der Waals surface area contributed by atoms with Gasteiger partial charge in [-0.3, -0.25) is 0 Å². The Hall–Kier alpha value is -1.53. The van der Waals surface area contributed by atoms with E-state index in [9.17, 15) is 13.9 Å². The van der Waals surface area contributed by atoms with Crippen LogP contribution in [0.25, 0.3) is 11.0 Å². The summed E-state index contributed by atoms with van der Waals surface area (Å²) in [6.07, 6.45) is -0.796. The summed E-state index contributed by atoms with van der Waals surface area (Å²) < 4.78 is 25.8. The molecule has 2 aromatic rings. The lowest BCUT2D eigenvalue weighted by atomic mass is 10.2. The molecule has 0 radical (unpaired) electrons. The number of benzene rings is 1. The van der Waals surface area contributed by atoms with Gasteiger partial charge in [0.05, 0.1) is 23.2 Å². The smallest absolute Gasteiger partial charge is 0.161 e. The van der Waals surface area contributed by atoms with E-state index < -0.39 is 23.8 Å². The number of aromatic nitrogens is 2. The van der Waals surface area contributed by atoms with Crippen LogP contribution in [0.1, 0.15) is 18.8 Å². The van der Waals surface area contributed by atoms with E-state index in [1.807, 2.05) is 0 Å². The fourth-order valence-corrected chi connectivity index (χ4v) is 1.41. The predicted octanol–water partition coefficient (Wildman–Crippen LogP) is 1.22. The fraction of sp³-hybridized carbons (Fsp3) is 0.300. The third-order valence-corrected chi connectivity index (χ3v) is 2.38. The first-order valence-electron chi connectivity index (χ1n) is 4.77. The molecule has 0 amide bonds. The van der Waals surface area contributed by atoms with Crippen molar-refractivity contribution < 1.29 is 13.9 Å². The van der Waals surface area contributed by atoms with Gasteiger partial charge in [-0.2, -0.15) is 0 Å². The molecule has 4 nitrogen and oxygen atoms in total. The van der Waals surface area contributed by atoms with Gasteiger partial charge in [0.1, 0.15) is 5.82 Å². The van der Waals surface area contributed by atoms with Crippen molar-refractivity contribution >= 4 is 11.0 Å². The van der Waals surface area contributed by atoms with Crippen LogP contribution in [0.15, 0.2) is 12.1 Å². The molecule has 0 aliphatic carbocycles. The molecule has 0 aliphatic rings. The van der Waals surface area contributed by atoms with Gasteiger partial charge in [0.2, 0.25) is 0 Å². The summed E-state index contributed by atoms with van der Waals surface area (Å²) >= 11 is 0. The van der Waals surface area contributed by atoms with E-state index in [0.717, 1.165) is 12.1 Å². The maximum absolute atomic E-state index is 12.9. The maximum atomic E-state index is 12.9. The number of aliphatic hydroxyl groups excluding tert-OH is 1. The molecule has 0 aliphatic heterocycles. The van der Waals surface area contributed by atoms with Crippen LogP contribution in [0.3, 0.4) is 0 Å². The summed E-state index contributed by atoms with van der Waals surface area (Å²) in [4.78, 5) is 6.73. The molecule has 2 unspecified atom stereocenters. The summed E-state index contributed by atoms with van der Waals surface area (Å²) in [6, 6.07) is 1.29. The number of rotatable bonds is 2. The molecule has 2 rings (SSSR count). The van der Waals surface area contributed by atoms with Gasteiger partial charge < -0.3 is 15.8 Å². The average Bonchev–Trinajstić information content (AvgIpc) is 2.60. The zero-order valence-electron chi connectivity index (χ0n) is 8.54. The number of hydrogen-bond donors (Lipinski definition) is 3. The molecule has 4 N–H and O–H groups in total. The molecule has 16 heavy (non-hydrogen) atoms. The molecule has 86 valence electrons. The fourth-order valence-electron chi connectivity index (χ4n) is 1.41. The molecular formula is C10H11F2N3O. The van der Waals surface area contributed by atoms with E-state index in [2.05, 4.69) is 9.97 Å². The number of hydrogen-bond acceptors (Lipinski definition) is 3. The molecule has 1 aromatic carbocycles. The van der Waals surface area contributed by atoms with Gasteiger partial charge in [0, 0.05) is 12.1 Å². The van der Waals surface area contributed by atoms with E-state index in [1.165, 1.54) is 6.92 Å². The molecular weight excluding hydrogens is 216 g/mol. The number of aliphatic hydroxyl groups is 1. The zero-order chi connectivity index (χ0) is 11.9. The molecule has 0 bridgehead atoms. The van der Waals surface area contributed by atoms with Crippen LogP contribution in [0.2, 0.25) is 0 Å². The van der Waals surface area contributed by atoms with Crippen LogP contribution in [0.4, 0.5) is 8.78 Å². The minimum Gasteiger partial charge on any atom is -0.391 e. The van der Waals surface area contributed by atoms with Crippen molar-refractivity contribution in [2.24, 2.45) is 5.73 Å². The number of fused-ring (bicyclic) bond motifs is 1. The van der Waals surface area contributed by atoms with E-state index in [-0.39, 0.29) is 5.52 Å². The number of nitrogens with two attached hydrogens (primary N) is 1. The molecule has 0 saturated heterocycles. The monoisotopic (exact) mass is 227 g/mol. The van der Waals surface area contributed by atoms with Gasteiger partial charge in [-0.25, -0.2) is 13.8 Å². The summed E-state index contributed by atoms with van der Waals surface area (Å²) in [6.45, 7) is 1.51. The first-order valence-corrected chi connectivity index (χ1v) is 4.77. The summed E-state index contributed by atoms with van der Waals surface area (Å²) in [5, 5.41) is 9.28. The van der Waals surface area contributed by atoms with E-state index in [4.69, 9.17) is 5.73 Å². The highest BCUT2D eigenvalue weighted by Crippen LogP contribution is 2.19. The van der Waals surface area contributed by atoms with Gasteiger partial charge >= 0.3 is 0 Å². The van der Waals surface area contributed by atoms with Crippen LogP contribution in [0.5, 0.6) is 0 Å². The van der Waals surface area contributed by atoms with Crippen LogP contribution in [-0.4, -0.2) is 21.2 Å². The quantitative estimate of drug-likeness (QED) is 0.722. The summed E-state index contributed by atoms with van der Waals surface area (Å²) in [5.74, 6) is -1.61. The zero-order valence-corrected chi connectivity index (χ0v) is 8.54. The lowest BCUT2D eigenvalue weighted by molar-refractivity contribution is 0.161. The Morgan fingerprint density at radius 3 is 2.62 bits per heavy atom. The molecule has 6 heteroatoms. The number of halogens is 2. The minimum absolute atomic E-state index is 0.282. The highest BCUT2D eigenvalue weighted by atomic mass is 19.2.